The molecule has 23 heavy (non-hydrogen) atoms. The van der Waals surface area contributed by atoms with Gasteiger partial charge >= 0.3 is 5.97 Å². The van der Waals surface area contributed by atoms with Crippen LogP contribution in [0.3, 0.4) is 0 Å². The van der Waals surface area contributed by atoms with Crippen molar-refractivity contribution in [2.24, 2.45) is 0 Å². The Morgan fingerprint density at radius 2 is 2.04 bits per heavy atom. The second-order valence-electron chi connectivity index (χ2n) is 4.15. The minimum absolute atomic E-state index is 0.139. The van der Waals surface area contributed by atoms with Crippen molar-refractivity contribution in [1.82, 2.24) is 20.4 Å². The normalized spacial score (nSPS) is 10.0. The van der Waals surface area contributed by atoms with E-state index in [9.17, 15) is 9.59 Å². The van der Waals surface area contributed by atoms with E-state index in [1.807, 2.05) is 0 Å². The third-order valence-corrected chi connectivity index (χ3v) is 3.24. The number of hydrogen-bond acceptors (Lipinski definition) is 8. The molecule has 2 aromatic heterocycles. The number of anilines is 1. The molecule has 2 rings (SSSR count). The Hall–Kier alpha value is -2.68. The molecule has 0 fully saturated rings. The Bertz CT molecular complexity index is 696. The highest BCUT2D eigenvalue weighted by Crippen LogP contribution is 2.17. The van der Waals surface area contributed by atoms with Crippen LogP contribution in [0.25, 0.3) is 0 Å². The summed E-state index contributed by atoms with van der Waals surface area (Å²) < 4.78 is 4.95. The molecule has 1 amide bonds. The van der Waals surface area contributed by atoms with E-state index in [2.05, 4.69) is 25.8 Å². The Kier molecular flexibility index (Phi) is 5.87. The molecule has 2 N–H and O–H groups in total. The number of carbonyl (C=O) groups excluding carboxylic acids is 2. The molecule has 8 nitrogen and oxygen atoms in total. The van der Waals surface area contributed by atoms with Gasteiger partial charge in [0, 0.05) is 24.2 Å². The zero-order chi connectivity index (χ0) is 16.7. The first-order valence-corrected chi connectivity index (χ1v) is 7.92. The average Bonchev–Trinajstić information content (AvgIpc) is 2.60. The van der Waals surface area contributed by atoms with E-state index in [0.29, 0.717) is 10.7 Å². The molecule has 2 heterocycles. The monoisotopic (exact) mass is 333 g/mol. The summed E-state index contributed by atoms with van der Waals surface area (Å²) >= 11 is 1.31. The highest BCUT2D eigenvalue weighted by molar-refractivity contribution is 7.98. The van der Waals surface area contributed by atoms with Gasteiger partial charge in [0.1, 0.15) is 5.56 Å². The summed E-state index contributed by atoms with van der Waals surface area (Å²) in [5.74, 6) is -0.780. The van der Waals surface area contributed by atoms with E-state index >= 15 is 0 Å². The molecule has 0 aromatic carbocycles. The maximum absolute atomic E-state index is 12.0. The maximum atomic E-state index is 12.0. The van der Waals surface area contributed by atoms with Gasteiger partial charge in [0.2, 0.25) is 0 Å². The zero-order valence-corrected chi connectivity index (χ0v) is 13.4. The molecule has 120 valence electrons. The molecule has 0 atom stereocenters. The maximum Gasteiger partial charge on any atom is 0.343 e. The molecule has 0 unspecified atom stereocenters. The Labute approximate surface area is 137 Å². The van der Waals surface area contributed by atoms with Gasteiger partial charge in [-0.1, -0.05) is 11.8 Å². The predicted octanol–water partition coefficient (Wildman–Crippen LogP) is 1.53. The number of carbonyl (C=O) groups is 2. The zero-order valence-electron chi connectivity index (χ0n) is 12.6. The molecular formula is C14H15N5O3S. The van der Waals surface area contributed by atoms with Gasteiger partial charge in [0.05, 0.1) is 6.61 Å². The summed E-state index contributed by atoms with van der Waals surface area (Å²) in [6, 6.07) is 3.13. The third kappa shape index (κ3) is 4.39. The minimum Gasteiger partial charge on any atom is -0.462 e. The highest BCUT2D eigenvalue weighted by atomic mass is 32.2. The number of hydrogen-bond donors (Lipinski definition) is 2. The summed E-state index contributed by atoms with van der Waals surface area (Å²) in [6.07, 6.45) is 6.18. The van der Waals surface area contributed by atoms with E-state index in [-0.39, 0.29) is 23.9 Å². The summed E-state index contributed by atoms with van der Waals surface area (Å²) in [5, 5.41) is 0.457. The van der Waals surface area contributed by atoms with Crippen LogP contribution in [0.2, 0.25) is 0 Å². The average molecular weight is 333 g/mol. The first-order chi connectivity index (χ1) is 11.2. The van der Waals surface area contributed by atoms with Crippen molar-refractivity contribution >= 4 is 29.5 Å². The van der Waals surface area contributed by atoms with Crippen LogP contribution >= 0.6 is 11.8 Å². The lowest BCUT2D eigenvalue weighted by molar-refractivity contribution is 0.0526. The van der Waals surface area contributed by atoms with Crippen LogP contribution in [-0.2, 0) is 4.74 Å². The first-order valence-electron chi connectivity index (χ1n) is 6.70. The van der Waals surface area contributed by atoms with E-state index in [0.717, 1.165) is 0 Å². The molecule has 0 saturated heterocycles. The summed E-state index contributed by atoms with van der Waals surface area (Å²) in [7, 11) is 0. The van der Waals surface area contributed by atoms with Gasteiger partial charge in [-0.2, -0.15) is 0 Å². The molecule has 0 spiro atoms. The van der Waals surface area contributed by atoms with Crippen LogP contribution in [0.1, 0.15) is 27.6 Å². The van der Waals surface area contributed by atoms with Gasteiger partial charge in [-0.25, -0.2) is 14.8 Å². The first kappa shape index (κ1) is 16.7. The van der Waals surface area contributed by atoms with E-state index in [1.54, 1.807) is 25.3 Å². The van der Waals surface area contributed by atoms with Gasteiger partial charge in [0.25, 0.3) is 5.91 Å². The van der Waals surface area contributed by atoms with Gasteiger partial charge in [-0.05, 0) is 25.3 Å². The van der Waals surface area contributed by atoms with E-state index < -0.39 is 5.97 Å². The van der Waals surface area contributed by atoms with Crippen LogP contribution in [0, 0.1) is 0 Å². The molecule has 0 radical (unpaired) electrons. The number of nitrogens with one attached hydrogen (secondary N) is 2. The van der Waals surface area contributed by atoms with Crippen LogP contribution < -0.4 is 10.9 Å². The van der Waals surface area contributed by atoms with Gasteiger partial charge in [-0.15, -0.1) is 0 Å². The van der Waals surface area contributed by atoms with Crippen molar-refractivity contribution < 1.29 is 14.3 Å². The number of hydrazine groups is 1. The molecule has 0 aliphatic carbocycles. The highest BCUT2D eigenvalue weighted by Gasteiger charge is 2.16. The number of thioether (sulfide) groups is 1. The molecule has 0 saturated carbocycles. The van der Waals surface area contributed by atoms with Crippen molar-refractivity contribution in [3.05, 3.63) is 41.9 Å². The van der Waals surface area contributed by atoms with Gasteiger partial charge in [-0.3, -0.25) is 20.6 Å². The lowest BCUT2D eigenvalue weighted by Gasteiger charge is -2.12. The summed E-state index contributed by atoms with van der Waals surface area (Å²) in [6.45, 7) is 1.93. The lowest BCUT2D eigenvalue weighted by atomic mass is 10.2. The quantitative estimate of drug-likeness (QED) is 0.355. The third-order valence-electron chi connectivity index (χ3n) is 2.68. The number of aromatic nitrogens is 3. The number of amides is 1. The Morgan fingerprint density at radius 1 is 1.30 bits per heavy atom. The van der Waals surface area contributed by atoms with Crippen molar-refractivity contribution in [3.8, 4) is 0 Å². The molecule has 0 aliphatic heterocycles. The van der Waals surface area contributed by atoms with Crippen LogP contribution in [0.4, 0.5) is 5.82 Å². The standard InChI is InChI=1S/C14H15N5O3S/c1-3-22-13(21)10-8-16-14(23-2)17-11(10)18-19-12(20)9-4-6-15-7-5-9/h4-8H,3H2,1-2H3,(H,19,20)(H,16,17,18). The van der Waals surface area contributed by atoms with Crippen molar-refractivity contribution in [2.45, 2.75) is 12.1 Å². The van der Waals surface area contributed by atoms with E-state index in [1.165, 1.54) is 30.4 Å². The second kappa shape index (κ2) is 8.08. The fourth-order valence-electron chi connectivity index (χ4n) is 1.61. The van der Waals surface area contributed by atoms with Crippen molar-refractivity contribution in [2.75, 3.05) is 18.3 Å². The molecular weight excluding hydrogens is 318 g/mol. The van der Waals surface area contributed by atoms with Gasteiger partial charge < -0.3 is 4.74 Å². The van der Waals surface area contributed by atoms with Crippen LogP contribution in [0.5, 0.6) is 0 Å². The number of esters is 1. The van der Waals surface area contributed by atoms with E-state index in [4.69, 9.17) is 4.74 Å². The minimum atomic E-state index is -0.569. The Morgan fingerprint density at radius 3 is 2.70 bits per heavy atom. The van der Waals surface area contributed by atoms with Crippen molar-refractivity contribution in [3.63, 3.8) is 0 Å². The lowest BCUT2D eigenvalue weighted by Crippen LogP contribution is -2.31. The molecule has 0 aliphatic rings. The molecule has 0 bridgehead atoms. The summed E-state index contributed by atoms with van der Waals surface area (Å²) in [4.78, 5) is 36.0. The smallest absolute Gasteiger partial charge is 0.343 e. The Balaban J connectivity index is 2.17. The number of pyridine rings is 1. The topological polar surface area (TPSA) is 106 Å². The fraction of sp³-hybridized carbons (Fsp3) is 0.214. The summed E-state index contributed by atoms with van der Waals surface area (Å²) in [5.41, 5.74) is 5.68. The van der Waals surface area contributed by atoms with Crippen molar-refractivity contribution in [1.29, 1.82) is 0 Å². The largest absolute Gasteiger partial charge is 0.462 e. The molecule has 2 aromatic rings. The van der Waals surface area contributed by atoms with Crippen LogP contribution in [-0.4, -0.2) is 39.7 Å². The van der Waals surface area contributed by atoms with Crippen LogP contribution in [0.15, 0.2) is 35.9 Å². The SMILES string of the molecule is CCOC(=O)c1cnc(SC)nc1NNC(=O)c1ccncc1. The number of nitrogens with zero attached hydrogens (tertiary/aromatic N) is 3. The van der Waals surface area contributed by atoms with Gasteiger partial charge in [0.15, 0.2) is 11.0 Å². The second-order valence-corrected chi connectivity index (χ2v) is 4.93. The number of ether oxygens (including phenoxy) is 1. The number of rotatable bonds is 6. The molecule has 9 heteroatoms. The fourth-order valence-corrected chi connectivity index (χ4v) is 1.95. The predicted molar refractivity (Wildman–Crippen MR) is 85.1 cm³/mol.